The van der Waals surface area contributed by atoms with Gasteiger partial charge < -0.3 is 15.0 Å². The van der Waals surface area contributed by atoms with Crippen LogP contribution in [-0.4, -0.2) is 35.0 Å². The lowest BCUT2D eigenvalue weighted by Crippen LogP contribution is -2.44. The van der Waals surface area contributed by atoms with Crippen LogP contribution in [0.15, 0.2) is 29.1 Å². The average Bonchev–Trinajstić information content (AvgIpc) is 2.59. The van der Waals surface area contributed by atoms with Crippen molar-refractivity contribution in [1.82, 2.24) is 15.3 Å². The summed E-state index contributed by atoms with van der Waals surface area (Å²) in [6, 6.07) is 6.46. The monoisotopic (exact) mass is 345 g/mol. The molecule has 1 aromatic carbocycles. The fourth-order valence-electron chi connectivity index (χ4n) is 2.54. The molecule has 1 amide bonds. The largest absolute Gasteiger partial charge is 0.467 e. The molecule has 1 aromatic heterocycles. The first-order valence-electron chi connectivity index (χ1n) is 8.27. The Morgan fingerprint density at radius 2 is 2.00 bits per heavy atom. The lowest BCUT2D eigenvalue weighted by molar-refractivity contribution is -0.146. The molecule has 0 saturated carbocycles. The van der Waals surface area contributed by atoms with Crippen molar-refractivity contribution in [3.8, 4) is 0 Å². The van der Waals surface area contributed by atoms with Gasteiger partial charge in [-0.3, -0.25) is 9.59 Å². The second kappa shape index (κ2) is 8.41. The van der Waals surface area contributed by atoms with Gasteiger partial charge in [0.2, 0.25) is 5.91 Å². The summed E-state index contributed by atoms with van der Waals surface area (Å²) < 4.78 is 4.70. The maximum Gasteiger partial charge on any atom is 0.328 e. The van der Waals surface area contributed by atoms with Crippen LogP contribution in [0, 0.1) is 5.92 Å². The van der Waals surface area contributed by atoms with Crippen LogP contribution in [-0.2, 0) is 20.7 Å². The van der Waals surface area contributed by atoms with Crippen molar-refractivity contribution in [2.24, 2.45) is 5.92 Å². The fourth-order valence-corrected chi connectivity index (χ4v) is 2.54. The summed E-state index contributed by atoms with van der Waals surface area (Å²) in [6.45, 7) is 3.68. The quantitative estimate of drug-likeness (QED) is 0.742. The zero-order valence-corrected chi connectivity index (χ0v) is 14.7. The molecule has 0 aliphatic rings. The van der Waals surface area contributed by atoms with Crippen molar-refractivity contribution in [3.05, 3.63) is 40.4 Å². The number of hydrogen-bond acceptors (Lipinski definition) is 5. The van der Waals surface area contributed by atoms with Crippen LogP contribution in [0.2, 0.25) is 0 Å². The summed E-state index contributed by atoms with van der Waals surface area (Å²) in [5.41, 5.74) is 0.451. The van der Waals surface area contributed by atoms with Crippen molar-refractivity contribution in [1.29, 1.82) is 0 Å². The van der Waals surface area contributed by atoms with E-state index in [1.165, 1.54) is 7.11 Å². The molecule has 0 radical (unpaired) electrons. The molecule has 0 aliphatic heterocycles. The predicted octanol–water partition coefficient (Wildman–Crippen LogP) is 1.56. The average molecular weight is 345 g/mol. The second-order valence-electron chi connectivity index (χ2n) is 6.20. The Hall–Kier alpha value is -2.70. The number of benzene rings is 1. The summed E-state index contributed by atoms with van der Waals surface area (Å²) >= 11 is 0. The highest BCUT2D eigenvalue weighted by Gasteiger charge is 2.24. The van der Waals surface area contributed by atoms with Crippen LogP contribution in [0.5, 0.6) is 0 Å². The Morgan fingerprint density at radius 1 is 1.28 bits per heavy atom. The highest BCUT2D eigenvalue weighted by molar-refractivity contribution is 5.84. The SMILES string of the molecule is COC(=O)C(NC(=O)CCCc1nc2ccccc2c(=O)[nH]1)C(C)C. The first-order valence-corrected chi connectivity index (χ1v) is 8.27. The van der Waals surface area contributed by atoms with E-state index in [1.54, 1.807) is 18.2 Å². The third-order valence-corrected chi connectivity index (χ3v) is 3.92. The maximum atomic E-state index is 12.0. The molecule has 7 heteroatoms. The number of aromatic nitrogens is 2. The van der Waals surface area contributed by atoms with Gasteiger partial charge in [0.05, 0.1) is 18.0 Å². The van der Waals surface area contributed by atoms with E-state index in [2.05, 4.69) is 15.3 Å². The van der Waals surface area contributed by atoms with E-state index in [0.717, 1.165) is 0 Å². The molecule has 7 nitrogen and oxygen atoms in total. The van der Waals surface area contributed by atoms with Gasteiger partial charge in [0.1, 0.15) is 11.9 Å². The third-order valence-electron chi connectivity index (χ3n) is 3.92. The topological polar surface area (TPSA) is 101 Å². The summed E-state index contributed by atoms with van der Waals surface area (Å²) in [5, 5.41) is 3.23. The van der Waals surface area contributed by atoms with Crippen molar-refractivity contribution in [3.63, 3.8) is 0 Å². The summed E-state index contributed by atoms with van der Waals surface area (Å²) in [6.07, 6.45) is 1.22. The van der Waals surface area contributed by atoms with Gasteiger partial charge in [-0.05, 0) is 24.5 Å². The molecular weight excluding hydrogens is 322 g/mol. The number of esters is 1. The first kappa shape index (κ1) is 18.6. The molecule has 0 aliphatic carbocycles. The molecule has 1 atom stereocenters. The number of amides is 1. The number of para-hydroxylation sites is 1. The van der Waals surface area contributed by atoms with Gasteiger partial charge in [-0.15, -0.1) is 0 Å². The molecular formula is C18H23N3O4. The first-order chi connectivity index (χ1) is 11.9. The molecule has 134 valence electrons. The van der Waals surface area contributed by atoms with Crippen LogP contribution in [0.4, 0.5) is 0 Å². The molecule has 0 fully saturated rings. The van der Waals surface area contributed by atoms with E-state index in [4.69, 9.17) is 4.74 Å². The van der Waals surface area contributed by atoms with Crippen molar-refractivity contribution in [2.75, 3.05) is 7.11 Å². The Morgan fingerprint density at radius 3 is 2.68 bits per heavy atom. The standard InChI is InChI=1S/C18H23N3O4/c1-11(2)16(18(24)25-3)21-15(22)10-6-9-14-19-13-8-5-4-7-12(13)17(23)20-14/h4-5,7-8,11,16H,6,9-10H2,1-3H3,(H,21,22)(H,19,20,23). The van der Waals surface area contributed by atoms with Crippen LogP contribution in [0.1, 0.15) is 32.5 Å². The fraction of sp³-hybridized carbons (Fsp3) is 0.444. The van der Waals surface area contributed by atoms with Gasteiger partial charge in [0.15, 0.2) is 0 Å². The van der Waals surface area contributed by atoms with Crippen molar-refractivity contribution in [2.45, 2.75) is 39.2 Å². The number of H-pyrrole nitrogens is 1. The van der Waals surface area contributed by atoms with E-state index in [1.807, 2.05) is 19.9 Å². The minimum atomic E-state index is -0.656. The van der Waals surface area contributed by atoms with E-state index in [0.29, 0.717) is 29.6 Å². The zero-order valence-electron chi connectivity index (χ0n) is 14.7. The van der Waals surface area contributed by atoms with E-state index in [9.17, 15) is 14.4 Å². The number of rotatable bonds is 7. The Kier molecular flexibility index (Phi) is 6.27. The Balaban J connectivity index is 1.93. The lowest BCUT2D eigenvalue weighted by atomic mass is 10.0. The van der Waals surface area contributed by atoms with Crippen LogP contribution >= 0.6 is 0 Å². The predicted molar refractivity (Wildman–Crippen MR) is 94.1 cm³/mol. The van der Waals surface area contributed by atoms with Gasteiger partial charge in [0, 0.05) is 12.8 Å². The number of fused-ring (bicyclic) bond motifs is 1. The summed E-state index contributed by atoms with van der Waals surface area (Å²) in [5.74, 6) is -0.198. The molecule has 1 heterocycles. The molecule has 1 unspecified atom stereocenters. The smallest absolute Gasteiger partial charge is 0.328 e. The van der Waals surface area contributed by atoms with Gasteiger partial charge in [-0.25, -0.2) is 9.78 Å². The number of carbonyl (C=O) groups excluding carboxylic acids is 2. The minimum absolute atomic E-state index is 0.0603. The van der Waals surface area contributed by atoms with Crippen LogP contribution in [0.3, 0.4) is 0 Å². The third kappa shape index (κ3) is 4.89. The molecule has 0 saturated heterocycles. The number of methoxy groups -OCH3 is 1. The summed E-state index contributed by atoms with van der Waals surface area (Å²) in [4.78, 5) is 42.8. The Labute approximate surface area is 145 Å². The van der Waals surface area contributed by atoms with Crippen molar-refractivity contribution < 1.29 is 14.3 Å². The maximum absolute atomic E-state index is 12.0. The van der Waals surface area contributed by atoms with Gasteiger partial charge in [-0.2, -0.15) is 0 Å². The van der Waals surface area contributed by atoms with Gasteiger partial charge >= 0.3 is 5.97 Å². The number of ether oxygens (including phenoxy) is 1. The molecule has 2 N–H and O–H groups in total. The molecule has 25 heavy (non-hydrogen) atoms. The molecule has 2 aromatic rings. The second-order valence-corrected chi connectivity index (χ2v) is 6.20. The van der Waals surface area contributed by atoms with Crippen LogP contribution in [0.25, 0.3) is 10.9 Å². The van der Waals surface area contributed by atoms with Gasteiger partial charge in [-0.1, -0.05) is 26.0 Å². The van der Waals surface area contributed by atoms with E-state index in [-0.39, 0.29) is 23.8 Å². The van der Waals surface area contributed by atoms with Gasteiger partial charge in [0.25, 0.3) is 5.56 Å². The van der Waals surface area contributed by atoms with Crippen molar-refractivity contribution >= 4 is 22.8 Å². The summed E-state index contributed by atoms with van der Waals surface area (Å²) in [7, 11) is 1.30. The molecule has 0 bridgehead atoms. The number of carbonyl (C=O) groups is 2. The minimum Gasteiger partial charge on any atom is -0.467 e. The molecule has 2 rings (SSSR count). The van der Waals surface area contributed by atoms with E-state index >= 15 is 0 Å². The number of nitrogens with one attached hydrogen (secondary N) is 2. The number of aryl methyl sites for hydroxylation is 1. The highest BCUT2D eigenvalue weighted by Crippen LogP contribution is 2.08. The van der Waals surface area contributed by atoms with E-state index < -0.39 is 12.0 Å². The highest BCUT2D eigenvalue weighted by atomic mass is 16.5. The number of hydrogen-bond donors (Lipinski definition) is 2. The number of aromatic amines is 1. The van der Waals surface area contributed by atoms with Crippen LogP contribution < -0.4 is 10.9 Å². The Bertz CT molecular complexity index is 813. The zero-order chi connectivity index (χ0) is 18.4. The normalized spacial score (nSPS) is 12.2. The number of nitrogens with zero attached hydrogens (tertiary/aromatic N) is 1. The lowest BCUT2D eigenvalue weighted by Gasteiger charge is -2.19. The molecule has 0 spiro atoms.